The molecule has 1 atom stereocenters. The van der Waals surface area contributed by atoms with Crippen LogP contribution in [0.15, 0.2) is 52.3 Å². The number of benzene rings is 2. The van der Waals surface area contributed by atoms with Crippen molar-refractivity contribution in [1.82, 2.24) is 4.31 Å². The summed E-state index contributed by atoms with van der Waals surface area (Å²) < 4.78 is 51.1. The summed E-state index contributed by atoms with van der Waals surface area (Å²) in [6, 6.07) is 7.41. The average Bonchev–Trinajstić information content (AvgIpc) is 2.95. The van der Waals surface area contributed by atoms with E-state index in [4.69, 9.17) is 28.3 Å². The van der Waals surface area contributed by atoms with Crippen molar-refractivity contribution < 1.29 is 26.4 Å². The van der Waals surface area contributed by atoms with Gasteiger partial charge in [0.05, 0.1) is 22.0 Å². The molecule has 2 N–H and O–H groups in total. The van der Waals surface area contributed by atoms with Crippen molar-refractivity contribution in [1.29, 1.82) is 0 Å². The number of amides is 2. The van der Waals surface area contributed by atoms with Crippen LogP contribution in [0.25, 0.3) is 0 Å². The third kappa shape index (κ3) is 4.93. The molecule has 9 nitrogen and oxygen atoms in total. The van der Waals surface area contributed by atoms with Crippen molar-refractivity contribution in [2.45, 2.75) is 48.6 Å². The summed E-state index contributed by atoms with van der Waals surface area (Å²) in [5, 5.41) is 5.14. The summed E-state index contributed by atoms with van der Waals surface area (Å²) in [6.45, 7) is 4.76. The second-order valence-electron chi connectivity index (χ2n) is 8.37. The van der Waals surface area contributed by atoms with E-state index in [9.17, 15) is 26.4 Å². The highest BCUT2D eigenvalue weighted by Crippen LogP contribution is 2.37. The summed E-state index contributed by atoms with van der Waals surface area (Å²) in [6.07, 6.45) is -0.412. The van der Waals surface area contributed by atoms with Crippen LogP contribution in [0.2, 0.25) is 10.0 Å². The molecule has 3 rings (SSSR count). The lowest BCUT2D eigenvalue weighted by molar-refractivity contribution is -0.122. The number of primary sulfonamides is 1. The van der Waals surface area contributed by atoms with Crippen molar-refractivity contribution in [2.75, 3.05) is 4.90 Å². The lowest BCUT2D eigenvalue weighted by Crippen LogP contribution is -2.54. The Morgan fingerprint density at radius 1 is 1.00 bits per heavy atom. The number of anilines is 1. The largest absolute Gasteiger partial charge is 0.274 e. The normalized spacial score (nSPS) is 17.8. The van der Waals surface area contributed by atoms with E-state index in [1.165, 1.54) is 30.3 Å². The Bertz CT molecular complexity index is 1340. The van der Waals surface area contributed by atoms with Gasteiger partial charge in [-0.2, -0.15) is 4.31 Å². The molecule has 0 radical (unpaired) electrons. The molecule has 2 aromatic carbocycles. The van der Waals surface area contributed by atoms with Gasteiger partial charge in [-0.1, -0.05) is 23.2 Å². The van der Waals surface area contributed by atoms with Gasteiger partial charge in [-0.25, -0.2) is 26.9 Å². The summed E-state index contributed by atoms with van der Waals surface area (Å²) in [5.74, 6) is -1.42. The summed E-state index contributed by atoms with van der Waals surface area (Å²) in [4.78, 5) is 26.4. The van der Waals surface area contributed by atoms with Gasteiger partial charge in [0.1, 0.15) is 10.9 Å². The minimum atomic E-state index is -4.36. The van der Waals surface area contributed by atoms with Crippen LogP contribution in [-0.4, -0.2) is 44.5 Å². The first-order valence-corrected chi connectivity index (χ1v) is 13.3. The van der Waals surface area contributed by atoms with E-state index in [2.05, 4.69) is 0 Å². The molecule has 1 unspecified atom stereocenters. The molecule has 0 aromatic heterocycles. The zero-order valence-electron chi connectivity index (χ0n) is 17.8. The van der Waals surface area contributed by atoms with Gasteiger partial charge < -0.3 is 0 Å². The van der Waals surface area contributed by atoms with E-state index in [-0.39, 0.29) is 25.5 Å². The quantitative estimate of drug-likeness (QED) is 0.587. The molecule has 0 bridgehead atoms. The first kappa shape index (κ1) is 25.6. The van der Waals surface area contributed by atoms with Crippen LogP contribution in [0.5, 0.6) is 0 Å². The SMILES string of the molecule is CC(C)(C)N(C1CC(=O)N(c2ccc(S(N)(=O)=O)cc2)C1=O)S(=O)(=O)c1cc(Cl)ccc1Cl. The average molecular weight is 534 g/mol. The summed E-state index contributed by atoms with van der Waals surface area (Å²) in [7, 11) is -8.33. The molecule has 1 aliphatic heterocycles. The fourth-order valence-corrected chi connectivity index (χ4v) is 6.82. The van der Waals surface area contributed by atoms with Crippen molar-refractivity contribution >= 4 is 60.8 Å². The maximum Gasteiger partial charge on any atom is 0.252 e. The van der Waals surface area contributed by atoms with E-state index < -0.39 is 49.9 Å². The third-order valence-electron chi connectivity index (χ3n) is 4.92. The Labute approximate surface area is 202 Å². The van der Waals surface area contributed by atoms with E-state index >= 15 is 0 Å². The first-order valence-electron chi connectivity index (χ1n) is 9.54. The highest BCUT2D eigenvalue weighted by molar-refractivity contribution is 7.89. The van der Waals surface area contributed by atoms with Gasteiger partial charge in [-0.05, 0) is 63.2 Å². The first-order chi connectivity index (χ1) is 15.0. The molecule has 0 aliphatic carbocycles. The van der Waals surface area contributed by atoms with Gasteiger partial charge in [0.25, 0.3) is 5.91 Å². The lowest BCUT2D eigenvalue weighted by atomic mass is 10.1. The van der Waals surface area contributed by atoms with Gasteiger partial charge in [0, 0.05) is 10.6 Å². The van der Waals surface area contributed by atoms with Crippen molar-refractivity contribution in [3.05, 3.63) is 52.5 Å². The Morgan fingerprint density at radius 3 is 2.09 bits per heavy atom. The van der Waals surface area contributed by atoms with Gasteiger partial charge in [0.2, 0.25) is 26.0 Å². The van der Waals surface area contributed by atoms with Gasteiger partial charge in [0.15, 0.2) is 0 Å². The maximum atomic E-state index is 13.6. The maximum absolute atomic E-state index is 13.6. The van der Waals surface area contributed by atoms with Crippen molar-refractivity contribution in [2.24, 2.45) is 5.14 Å². The minimum absolute atomic E-state index is 0.0825. The number of halogens is 2. The lowest BCUT2D eigenvalue weighted by Gasteiger charge is -2.37. The molecular formula is C20H21Cl2N3O6S2. The van der Waals surface area contributed by atoms with Crippen LogP contribution in [0, 0.1) is 0 Å². The monoisotopic (exact) mass is 533 g/mol. The van der Waals surface area contributed by atoms with E-state index in [0.717, 1.165) is 21.3 Å². The highest BCUT2D eigenvalue weighted by atomic mass is 35.5. The minimum Gasteiger partial charge on any atom is -0.274 e. The van der Waals surface area contributed by atoms with E-state index in [1.807, 2.05) is 0 Å². The van der Waals surface area contributed by atoms with Crippen LogP contribution in [0.1, 0.15) is 27.2 Å². The zero-order valence-corrected chi connectivity index (χ0v) is 21.0. The topological polar surface area (TPSA) is 135 Å². The van der Waals surface area contributed by atoms with Crippen LogP contribution in [0.3, 0.4) is 0 Å². The fourth-order valence-electron chi connectivity index (χ4n) is 3.63. The molecule has 0 saturated carbocycles. The third-order valence-corrected chi connectivity index (χ3v) is 8.74. The van der Waals surface area contributed by atoms with Gasteiger partial charge in [-0.3, -0.25) is 9.59 Å². The number of hydrogen-bond acceptors (Lipinski definition) is 6. The van der Waals surface area contributed by atoms with Crippen LogP contribution in [-0.2, 0) is 29.6 Å². The van der Waals surface area contributed by atoms with E-state index in [0.29, 0.717) is 0 Å². The molecule has 178 valence electrons. The van der Waals surface area contributed by atoms with Gasteiger partial charge in [-0.15, -0.1) is 0 Å². The van der Waals surface area contributed by atoms with Gasteiger partial charge >= 0.3 is 0 Å². The number of hydrogen-bond donors (Lipinski definition) is 1. The molecule has 1 fully saturated rings. The standard InChI is InChI=1S/C20H21Cl2N3O6S2/c1-20(2,3)25(33(30,31)17-10-12(21)4-9-15(17)22)16-11-18(26)24(19(16)27)13-5-7-14(8-6-13)32(23,28)29/h4-10,16H,11H2,1-3H3,(H2,23,28,29). The Balaban J connectivity index is 2.07. The van der Waals surface area contributed by atoms with Crippen LogP contribution >= 0.6 is 23.2 Å². The molecule has 33 heavy (non-hydrogen) atoms. The number of imide groups is 1. The summed E-state index contributed by atoms with van der Waals surface area (Å²) in [5.41, 5.74) is -1.02. The second-order valence-corrected chi connectivity index (χ2v) is 12.6. The number of sulfonamides is 2. The molecule has 2 amide bonds. The molecule has 1 heterocycles. The molecule has 1 saturated heterocycles. The smallest absolute Gasteiger partial charge is 0.252 e. The molecule has 2 aromatic rings. The number of carbonyl (C=O) groups excluding carboxylic acids is 2. The number of nitrogens with two attached hydrogens (primary N) is 1. The highest BCUT2D eigenvalue weighted by Gasteiger charge is 2.51. The Morgan fingerprint density at radius 2 is 1.58 bits per heavy atom. The Hall–Kier alpha value is -2.02. The summed E-state index contributed by atoms with van der Waals surface area (Å²) >= 11 is 12.1. The predicted molar refractivity (Wildman–Crippen MR) is 124 cm³/mol. The second kappa shape index (κ2) is 8.64. The van der Waals surface area contributed by atoms with Crippen molar-refractivity contribution in [3.63, 3.8) is 0 Å². The fraction of sp³-hybridized carbons (Fsp3) is 0.300. The van der Waals surface area contributed by atoms with Crippen LogP contribution < -0.4 is 10.0 Å². The molecular weight excluding hydrogens is 513 g/mol. The number of rotatable bonds is 5. The van der Waals surface area contributed by atoms with E-state index in [1.54, 1.807) is 20.8 Å². The molecule has 1 aliphatic rings. The van der Waals surface area contributed by atoms with Crippen LogP contribution in [0.4, 0.5) is 5.69 Å². The number of nitrogens with zero attached hydrogens (tertiary/aromatic N) is 2. The molecule has 0 spiro atoms. The molecule has 13 heteroatoms. The zero-order chi connectivity index (χ0) is 24.9. The predicted octanol–water partition coefficient (Wildman–Crippen LogP) is 2.76. The van der Waals surface area contributed by atoms with Crippen molar-refractivity contribution in [3.8, 4) is 0 Å². The number of carbonyl (C=O) groups is 2. The Kier molecular flexibility index (Phi) is 6.70.